The number of hydrogen-bond acceptors (Lipinski definition) is 2. The van der Waals surface area contributed by atoms with Crippen LogP contribution in [0.5, 0.6) is 0 Å². The van der Waals surface area contributed by atoms with E-state index in [1.165, 1.54) is 6.07 Å². The summed E-state index contributed by atoms with van der Waals surface area (Å²) in [5.74, 6) is -0.284. The van der Waals surface area contributed by atoms with Crippen LogP contribution in [0.2, 0.25) is 0 Å². The molecule has 2 nitrogen and oxygen atoms in total. The molecular formula is C15H15Br2FN2. The number of halogens is 3. The molecule has 5 heteroatoms. The largest absolute Gasteiger partial charge is 0.377 e. The second kappa shape index (κ2) is 6.70. The van der Waals surface area contributed by atoms with E-state index in [1.807, 2.05) is 31.2 Å². The number of benzene rings is 2. The van der Waals surface area contributed by atoms with Gasteiger partial charge in [-0.3, -0.25) is 0 Å². The lowest BCUT2D eigenvalue weighted by Crippen LogP contribution is -2.20. The molecule has 0 amide bonds. The van der Waals surface area contributed by atoms with Crippen molar-refractivity contribution in [1.82, 2.24) is 0 Å². The Morgan fingerprint density at radius 3 is 2.55 bits per heavy atom. The van der Waals surface area contributed by atoms with Crippen molar-refractivity contribution in [3.8, 4) is 0 Å². The van der Waals surface area contributed by atoms with Crippen LogP contribution in [0.3, 0.4) is 0 Å². The summed E-state index contributed by atoms with van der Waals surface area (Å²) in [6, 6.07) is 11.0. The maximum Gasteiger partial charge on any atom is 0.137 e. The predicted molar refractivity (Wildman–Crippen MR) is 88.4 cm³/mol. The van der Waals surface area contributed by atoms with Crippen LogP contribution in [0, 0.1) is 12.7 Å². The summed E-state index contributed by atoms with van der Waals surface area (Å²) in [6.45, 7) is 2.40. The van der Waals surface area contributed by atoms with E-state index in [0.717, 1.165) is 21.3 Å². The molecule has 1 atom stereocenters. The number of rotatable bonds is 4. The van der Waals surface area contributed by atoms with Crippen molar-refractivity contribution < 1.29 is 4.39 Å². The first-order valence-electron chi connectivity index (χ1n) is 6.18. The van der Waals surface area contributed by atoms with Gasteiger partial charge in [0.2, 0.25) is 0 Å². The highest BCUT2D eigenvalue weighted by atomic mass is 79.9. The Bertz CT molecular complexity index is 597. The van der Waals surface area contributed by atoms with Crippen molar-refractivity contribution >= 4 is 37.5 Å². The summed E-state index contributed by atoms with van der Waals surface area (Å²) >= 11 is 6.62. The molecule has 2 aromatic carbocycles. The van der Waals surface area contributed by atoms with E-state index in [2.05, 4.69) is 37.2 Å². The zero-order valence-corrected chi connectivity index (χ0v) is 14.1. The van der Waals surface area contributed by atoms with Gasteiger partial charge in [0.05, 0.1) is 10.5 Å². The minimum Gasteiger partial charge on any atom is -0.377 e. The average Bonchev–Trinajstić information content (AvgIpc) is 2.38. The number of nitrogens with one attached hydrogen (secondary N) is 1. The molecule has 0 saturated carbocycles. The van der Waals surface area contributed by atoms with Gasteiger partial charge in [-0.2, -0.15) is 0 Å². The zero-order chi connectivity index (χ0) is 14.7. The van der Waals surface area contributed by atoms with Gasteiger partial charge in [0, 0.05) is 16.7 Å². The number of anilines is 1. The highest BCUT2D eigenvalue weighted by Crippen LogP contribution is 2.25. The van der Waals surface area contributed by atoms with Gasteiger partial charge in [-0.25, -0.2) is 4.39 Å². The van der Waals surface area contributed by atoms with Gasteiger partial charge in [-0.05, 0) is 64.3 Å². The van der Waals surface area contributed by atoms with E-state index in [1.54, 1.807) is 6.07 Å². The molecule has 106 valence electrons. The second-order valence-corrected chi connectivity index (χ2v) is 6.39. The molecule has 0 aliphatic rings. The van der Waals surface area contributed by atoms with E-state index >= 15 is 0 Å². The molecule has 0 radical (unpaired) electrons. The summed E-state index contributed by atoms with van der Waals surface area (Å²) < 4.78 is 15.1. The lowest BCUT2D eigenvalue weighted by Gasteiger charge is -2.19. The summed E-state index contributed by atoms with van der Waals surface area (Å²) in [5, 5.41) is 3.34. The zero-order valence-electron chi connectivity index (χ0n) is 11.0. The molecule has 2 aromatic rings. The monoisotopic (exact) mass is 400 g/mol. The fourth-order valence-corrected chi connectivity index (χ4v) is 2.88. The van der Waals surface area contributed by atoms with Gasteiger partial charge in [-0.15, -0.1) is 0 Å². The third kappa shape index (κ3) is 3.81. The van der Waals surface area contributed by atoms with Crippen molar-refractivity contribution in [3.63, 3.8) is 0 Å². The highest BCUT2D eigenvalue weighted by Gasteiger charge is 2.12. The van der Waals surface area contributed by atoms with Crippen LogP contribution < -0.4 is 11.1 Å². The highest BCUT2D eigenvalue weighted by molar-refractivity contribution is 9.10. The molecular weight excluding hydrogens is 387 g/mol. The van der Waals surface area contributed by atoms with Crippen LogP contribution in [0.15, 0.2) is 45.3 Å². The van der Waals surface area contributed by atoms with Crippen LogP contribution >= 0.6 is 31.9 Å². The number of aryl methyl sites for hydroxylation is 1. The van der Waals surface area contributed by atoms with Crippen molar-refractivity contribution in [2.24, 2.45) is 5.73 Å². The van der Waals surface area contributed by atoms with Gasteiger partial charge in [0.15, 0.2) is 0 Å². The Balaban J connectivity index is 2.26. The molecule has 0 aliphatic heterocycles. The first kappa shape index (κ1) is 15.5. The molecule has 0 saturated heterocycles. The Labute approximate surface area is 134 Å². The third-order valence-corrected chi connectivity index (χ3v) is 4.07. The SMILES string of the molecule is Cc1cc(Br)cc(NC(CN)c2ccc(Br)c(F)c2)c1. The minimum atomic E-state index is -0.284. The van der Waals surface area contributed by atoms with Crippen molar-refractivity contribution in [1.29, 1.82) is 0 Å². The van der Waals surface area contributed by atoms with E-state index < -0.39 is 0 Å². The topological polar surface area (TPSA) is 38.0 Å². The van der Waals surface area contributed by atoms with E-state index in [0.29, 0.717) is 11.0 Å². The van der Waals surface area contributed by atoms with Crippen LogP contribution in [-0.2, 0) is 0 Å². The van der Waals surface area contributed by atoms with Gasteiger partial charge in [0.1, 0.15) is 5.82 Å². The smallest absolute Gasteiger partial charge is 0.137 e. The summed E-state index contributed by atoms with van der Waals surface area (Å²) in [4.78, 5) is 0. The summed E-state index contributed by atoms with van der Waals surface area (Å²) in [6.07, 6.45) is 0. The average molecular weight is 402 g/mol. The standard InChI is InChI=1S/C15H15Br2FN2/c1-9-4-11(16)7-12(5-9)20-15(8-19)10-2-3-13(17)14(18)6-10/h2-7,15,20H,8,19H2,1H3. The van der Waals surface area contributed by atoms with Crippen LogP contribution in [0.1, 0.15) is 17.2 Å². The number of hydrogen-bond donors (Lipinski definition) is 2. The Kier molecular flexibility index (Phi) is 5.18. The normalized spacial score (nSPS) is 12.2. The molecule has 20 heavy (non-hydrogen) atoms. The fourth-order valence-electron chi connectivity index (χ4n) is 2.03. The van der Waals surface area contributed by atoms with E-state index in [9.17, 15) is 4.39 Å². The summed E-state index contributed by atoms with van der Waals surface area (Å²) in [5.41, 5.74) is 8.73. The quantitative estimate of drug-likeness (QED) is 0.774. The first-order valence-corrected chi connectivity index (χ1v) is 7.77. The Hall–Kier alpha value is -0.910. The van der Waals surface area contributed by atoms with Gasteiger partial charge < -0.3 is 11.1 Å². The Morgan fingerprint density at radius 2 is 1.95 bits per heavy atom. The molecule has 0 heterocycles. The maximum absolute atomic E-state index is 13.6. The fraction of sp³-hybridized carbons (Fsp3) is 0.200. The van der Waals surface area contributed by atoms with Gasteiger partial charge in [0.25, 0.3) is 0 Å². The second-order valence-electron chi connectivity index (χ2n) is 4.62. The molecule has 0 aromatic heterocycles. The van der Waals surface area contributed by atoms with Crippen molar-refractivity contribution in [3.05, 3.63) is 62.3 Å². The van der Waals surface area contributed by atoms with E-state index in [-0.39, 0.29) is 11.9 Å². The first-order chi connectivity index (χ1) is 9.49. The van der Waals surface area contributed by atoms with Gasteiger partial charge >= 0.3 is 0 Å². The van der Waals surface area contributed by atoms with Crippen LogP contribution in [0.25, 0.3) is 0 Å². The van der Waals surface area contributed by atoms with Crippen molar-refractivity contribution in [2.75, 3.05) is 11.9 Å². The molecule has 0 bridgehead atoms. The van der Waals surface area contributed by atoms with Crippen LogP contribution in [0.4, 0.5) is 10.1 Å². The molecule has 0 aliphatic carbocycles. The number of nitrogens with two attached hydrogens (primary N) is 1. The molecule has 0 spiro atoms. The van der Waals surface area contributed by atoms with E-state index in [4.69, 9.17) is 5.73 Å². The predicted octanol–water partition coefficient (Wildman–Crippen LogP) is 4.77. The maximum atomic E-state index is 13.6. The Morgan fingerprint density at radius 1 is 1.20 bits per heavy atom. The molecule has 0 fully saturated rings. The van der Waals surface area contributed by atoms with Crippen LogP contribution in [-0.4, -0.2) is 6.54 Å². The van der Waals surface area contributed by atoms with Crippen molar-refractivity contribution in [2.45, 2.75) is 13.0 Å². The molecule has 1 unspecified atom stereocenters. The lowest BCUT2D eigenvalue weighted by atomic mass is 10.1. The van der Waals surface area contributed by atoms with Gasteiger partial charge in [-0.1, -0.05) is 22.0 Å². The summed E-state index contributed by atoms with van der Waals surface area (Å²) in [7, 11) is 0. The lowest BCUT2D eigenvalue weighted by molar-refractivity contribution is 0.615. The molecule has 2 rings (SSSR count). The third-order valence-electron chi connectivity index (χ3n) is 2.96. The minimum absolute atomic E-state index is 0.133. The molecule has 3 N–H and O–H groups in total.